The van der Waals surface area contributed by atoms with Crippen LogP contribution in [-0.4, -0.2) is 27.9 Å². The minimum Gasteiger partial charge on any atom is -0.322 e. The maximum Gasteiger partial charge on any atom is 0.328 e. The normalized spacial score (nSPS) is 13.2. The molecule has 0 unspecified atom stereocenters. The number of nitrogens with one attached hydrogen (secondary N) is 2. The van der Waals surface area contributed by atoms with Gasteiger partial charge in [-0.3, -0.25) is 19.0 Å². The van der Waals surface area contributed by atoms with Gasteiger partial charge in [-0.05, 0) is 61.7 Å². The summed E-state index contributed by atoms with van der Waals surface area (Å²) >= 11 is 0. The number of carbonyl (C=O) groups is 2. The molecule has 0 bridgehead atoms. The van der Waals surface area contributed by atoms with Gasteiger partial charge in [-0.1, -0.05) is 0 Å². The van der Waals surface area contributed by atoms with Crippen LogP contribution in [0.25, 0.3) is 10.9 Å². The number of aryl methyl sites for hydroxylation is 1. The lowest BCUT2D eigenvalue weighted by Crippen LogP contribution is -2.34. The molecule has 0 radical (unpaired) electrons. The summed E-state index contributed by atoms with van der Waals surface area (Å²) in [4.78, 5) is 53.4. The largest absolute Gasteiger partial charge is 0.328 e. The van der Waals surface area contributed by atoms with Gasteiger partial charge in [0.25, 0.3) is 11.5 Å². The zero-order valence-electron chi connectivity index (χ0n) is 16.8. The molecule has 8 nitrogen and oxygen atoms in total. The maximum absolute atomic E-state index is 12.7. The second-order valence-electron chi connectivity index (χ2n) is 7.31. The SMILES string of the molecule is CCn1c(=O)[nH]c2cc(C(=O)Nc3ccc4c(c3)CCCN4C(C)=O)ccc2c1=O. The second-order valence-corrected chi connectivity index (χ2v) is 7.31. The quantitative estimate of drug-likeness (QED) is 0.696. The zero-order chi connectivity index (χ0) is 21.4. The molecule has 1 aliphatic heterocycles. The first kappa shape index (κ1) is 19.6. The number of fused-ring (bicyclic) bond motifs is 2. The van der Waals surface area contributed by atoms with E-state index < -0.39 is 5.69 Å². The molecule has 2 amide bonds. The van der Waals surface area contributed by atoms with Gasteiger partial charge in [-0.25, -0.2) is 4.79 Å². The van der Waals surface area contributed by atoms with Crippen molar-refractivity contribution in [3.05, 3.63) is 68.4 Å². The predicted octanol–water partition coefficient (Wildman–Crippen LogP) is 2.26. The van der Waals surface area contributed by atoms with Crippen molar-refractivity contribution in [3.63, 3.8) is 0 Å². The minimum atomic E-state index is -0.503. The fraction of sp³-hybridized carbons (Fsp3) is 0.273. The Labute approximate surface area is 172 Å². The van der Waals surface area contributed by atoms with Gasteiger partial charge in [0.2, 0.25) is 5.91 Å². The Morgan fingerprint density at radius 1 is 1.13 bits per heavy atom. The maximum atomic E-state index is 12.7. The first-order valence-electron chi connectivity index (χ1n) is 9.88. The topological polar surface area (TPSA) is 104 Å². The first-order valence-corrected chi connectivity index (χ1v) is 9.88. The van der Waals surface area contributed by atoms with Gasteiger partial charge in [0.15, 0.2) is 0 Å². The van der Waals surface area contributed by atoms with E-state index >= 15 is 0 Å². The number of carbonyl (C=O) groups excluding carboxylic acids is 2. The monoisotopic (exact) mass is 406 g/mol. The lowest BCUT2D eigenvalue weighted by Gasteiger charge is -2.29. The second kappa shape index (κ2) is 7.62. The predicted molar refractivity (Wildman–Crippen MR) is 115 cm³/mol. The highest BCUT2D eigenvalue weighted by molar-refractivity contribution is 6.06. The third-order valence-corrected chi connectivity index (χ3v) is 5.40. The molecule has 0 fully saturated rings. The molecular formula is C22H22N4O4. The molecule has 2 heterocycles. The summed E-state index contributed by atoms with van der Waals surface area (Å²) in [7, 11) is 0. The van der Waals surface area contributed by atoms with Crippen LogP contribution in [0.1, 0.15) is 36.2 Å². The van der Waals surface area contributed by atoms with E-state index in [0.717, 1.165) is 28.7 Å². The van der Waals surface area contributed by atoms with Crippen LogP contribution in [0.15, 0.2) is 46.0 Å². The van der Waals surface area contributed by atoms with Crippen molar-refractivity contribution >= 4 is 34.1 Å². The number of nitrogens with zero attached hydrogens (tertiary/aromatic N) is 2. The van der Waals surface area contributed by atoms with E-state index in [1.54, 1.807) is 36.9 Å². The summed E-state index contributed by atoms with van der Waals surface area (Å²) in [6.07, 6.45) is 1.71. The molecule has 1 aliphatic rings. The van der Waals surface area contributed by atoms with Crippen LogP contribution < -0.4 is 21.5 Å². The van der Waals surface area contributed by atoms with Crippen LogP contribution in [0, 0.1) is 0 Å². The van der Waals surface area contributed by atoms with E-state index in [-0.39, 0.29) is 23.9 Å². The van der Waals surface area contributed by atoms with Gasteiger partial charge < -0.3 is 15.2 Å². The van der Waals surface area contributed by atoms with Crippen molar-refractivity contribution < 1.29 is 9.59 Å². The molecule has 0 atom stereocenters. The highest BCUT2D eigenvalue weighted by Crippen LogP contribution is 2.30. The number of hydrogen-bond acceptors (Lipinski definition) is 4. The van der Waals surface area contributed by atoms with Gasteiger partial charge in [0.1, 0.15) is 0 Å². The number of aromatic amines is 1. The van der Waals surface area contributed by atoms with Crippen LogP contribution >= 0.6 is 0 Å². The summed E-state index contributed by atoms with van der Waals surface area (Å²) in [6.45, 7) is 4.23. The molecule has 2 aromatic carbocycles. The van der Waals surface area contributed by atoms with Crippen molar-refractivity contribution in [3.8, 4) is 0 Å². The summed E-state index contributed by atoms with van der Waals surface area (Å²) < 4.78 is 1.11. The third-order valence-electron chi connectivity index (χ3n) is 5.40. The van der Waals surface area contributed by atoms with E-state index in [1.807, 2.05) is 12.1 Å². The number of H-pyrrole nitrogens is 1. The summed E-state index contributed by atoms with van der Waals surface area (Å²) in [6, 6.07) is 10.1. The Kier molecular flexibility index (Phi) is 4.99. The molecule has 154 valence electrons. The summed E-state index contributed by atoms with van der Waals surface area (Å²) in [5.41, 5.74) is 2.28. The van der Waals surface area contributed by atoms with Crippen molar-refractivity contribution in [2.45, 2.75) is 33.2 Å². The summed E-state index contributed by atoms with van der Waals surface area (Å²) in [5, 5.41) is 3.20. The third kappa shape index (κ3) is 3.41. The molecule has 8 heteroatoms. The molecule has 0 saturated heterocycles. The molecule has 4 rings (SSSR count). The average molecular weight is 406 g/mol. The van der Waals surface area contributed by atoms with E-state index in [0.29, 0.717) is 28.7 Å². The lowest BCUT2D eigenvalue weighted by molar-refractivity contribution is -0.116. The molecule has 2 N–H and O–H groups in total. The van der Waals surface area contributed by atoms with Gasteiger partial charge in [0, 0.05) is 37.0 Å². The fourth-order valence-corrected chi connectivity index (χ4v) is 3.89. The van der Waals surface area contributed by atoms with Crippen LogP contribution in [-0.2, 0) is 17.8 Å². The Balaban J connectivity index is 1.63. The standard InChI is InChI=1S/C22H22N4O4/c1-3-25-21(29)17-8-6-15(12-18(17)24-22(25)30)20(28)23-16-7-9-19-14(11-16)5-4-10-26(19)13(2)27/h6-9,11-12H,3-5,10H2,1-2H3,(H,23,28)(H,24,30). The number of amides is 2. The molecule has 0 spiro atoms. The Bertz CT molecular complexity index is 1290. The van der Waals surface area contributed by atoms with Gasteiger partial charge in [-0.2, -0.15) is 0 Å². The molecule has 1 aromatic heterocycles. The van der Waals surface area contributed by atoms with Crippen molar-refractivity contribution in [1.29, 1.82) is 0 Å². The average Bonchev–Trinajstić information content (AvgIpc) is 2.72. The molecule has 30 heavy (non-hydrogen) atoms. The van der Waals surface area contributed by atoms with E-state index in [1.165, 1.54) is 6.07 Å². The number of benzene rings is 2. The van der Waals surface area contributed by atoms with Crippen LogP contribution in [0.2, 0.25) is 0 Å². The van der Waals surface area contributed by atoms with Crippen LogP contribution in [0.3, 0.4) is 0 Å². The zero-order valence-corrected chi connectivity index (χ0v) is 16.8. The highest BCUT2D eigenvalue weighted by atomic mass is 16.2. The van der Waals surface area contributed by atoms with Crippen molar-refractivity contribution in [2.75, 3.05) is 16.8 Å². The number of rotatable bonds is 3. The van der Waals surface area contributed by atoms with Crippen molar-refractivity contribution in [2.24, 2.45) is 0 Å². The minimum absolute atomic E-state index is 0.0000258. The smallest absolute Gasteiger partial charge is 0.322 e. The van der Waals surface area contributed by atoms with Gasteiger partial charge in [-0.15, -0.1) is 0 Å². The Hall–Kier alpha value is -3.68. The number of hydrogen-bond donors (Lipinski definition) is 2. The number of anilines is 2. The van der Waals surface area contributed by atoms with E-state index in [9.17, 15) is 19.2 Å². The number of aromatic nitrogens is 2. The van der Waals surface area contributed by atoms with Crippen molar-refractivity contribution in [1.82, 2.24) is 9.55 Å². The van der Waals surface area contributed by atoms with E-state index in [4.69, 9.17) is 0 Å². The fourth-order valence-electron chi connectivity index (χ4n) is 3.89. The lowest BCUT2D eigenvalue weighted by atomic mass is 10.0. The van der Waals surface area contributed by atoms with Crippen LogP contribution in [0.4, 0.5) is 11.4 Å². The van der Waals surface area contributed by atoms with Gasteiger partial charge in [0.05, 0.1) is 10.9 Å². The first-order chi connectivity index (χ1) is 14.4. The summed E-state index contributed by atoms with van der Waals surface area (Å²) in [5.74, 6) is -0.350. The molecule has 0 saturated carbocycles. The van der Waals surface area contributed by atoms with Crippen LogP contribution in [0.5, 0.6) is 0 Å². The highest BCUT2D eigenvalue weighted by Gasteiger charge is 2.20. The Morgan fingerprint density at radius 2 is 1.93 bits per heavy atom. The Morgan fingerprint density at radius 3 is 2.67 bits per heavy atom. The van der Waals surface area contributed by atoms with Gasteiger partial charge >= 0.3 is 5.69 Å². The molecule has 3 aromatic rings. The molecular weight excluding hydrogens is 384 g/mol. The van der Waals surface area contributed by atoms with E-state index in [2.05, 4.69) is 10.3 Å². The molecule has 0 aliphatic carbocycles.